The third-order valence-corrected chi connectivity index (χ3v) is 13.9. The summed E-state index contributed by atoms with van der Waals surface area (Å²) in [5.41, 5.74) is -8.48. The van der Waals surface area contributed by atoms with E-state index >= 15 is 8.78 Å². The minimum atomic E-state index is -5.21. The number of hydrogen-bond acceptors (Lipinski definition) is 6. The highest BCUT2D eigenvalue weighted by Gasteiger charge is 2.47. The van der Waals surface area contributed by atoms with Gasteiger partial charge in [0.05, 0.1) is 34.6 Å². The lowest BCUT2D eigenvalue weighted by Crippen LogP contribution is -2.49. The Balaban J connectivity index is 0.000000237. The van der Waals surface area contributed by atoms with Gasteiger partial charge < -0.3 is 29.6 Å². The number of nitrogens with one attached hydrogen (secondary N) is 2. The van der Waals surface area contributed by atoms with Gasteiger partial charge in [0, 0.05) is 36.1 Å². The minimum Gasteiger partial charge on any atom is -0.487 e. The molecule has 0 aromatic heterocycles. The first-order valence-electron chi connectivity index (χ1n) is 26.8. The number of alkyl halides is 14. The Hall–Kier alpha value is -9.69. The maximum atomic E-state index is 15.1. The topological polar surface area (TPSA) is 95.1 Å². The second-order valence-corrected chi connectivity index (χ2v) is 20.5. The van der Waals surface area contributed by atoms with E-state index in [0.29, 0.717) is 54.3 Å². The molecule has 9 rings (SSSR count). The van der Waals surface area contributed by atoms with Crippen LogP contribution in [0.3, 0.4) is 0 Å². The van der Waals surface area contributed by atoms with E-state index in [1.165, 1.54) is 24.3 Å². The number of rotatable bonds is 22. The predicted octanol–water partition coefficient (Wildman–Crippen LogP) is 17.5. The maximum Gasteiger partial charge on any atom is 0.461 e. The number of ether oxygens (including phenoxy) is 4. The van der Waals surface area contributed by atoms with Crippen LogP contribution in [0.15, 0.2) is 189 Å². The van der Waals surface area contributed by atoms with Crippen molar-refractivity contribution in [2.45, 2.75) is 80.3 Å². The van der Waals surface area contributed by atoms with E-state index < -0.39 is 141 Å². The van der Waals surface area contributed by atoms with Gasteiger partial charge in [-0.25, -0.2) is 22.0 Å². The number of amides is 2. The van der Waals surface area contributed by atoms with Crippen LogP contribution < -0.4 is 29.6 Å². The van der Waals surface area contributed by atoms with Crippen LogP contribution in [0, 0.1) is 29.1 Å². The molecule has 484 valence electrons. The molecular formula is C65H45F19N2O6. The fourth-order valence-corrected chi connectivity index (χ4v) is 9.49. The molecule has 0 unspecified atom stereocenters. The molecular weight excluding hydrogens is 1270 g/mol. The van der Waals surface area contributed by atoms with E-state index in [2.05, 4.69) is 26.7 Å². The molecule has 1 aliphatic carbocycles. The zero-order valence-electron chi connectivity index (χ0n) is 46.7. The quantitative estimate of drug-likeness (QED) is 0.0519. The van der Waals surface area contributed by atoms with Crippen LogP contribution in [0.4, 0.5) is 83.4 Å². The van der Waals surface area contributed by atoms with Crippen LogP contribution in [0.1, 0.15) is 78.1 Å². The average molecular weight is 1310 g/mol. The summed E-state index contributed by atoms with van der Waals surface area (Å²) in [6, 6.07) is 30.8. The zero-order valence-corrected chi connectivity index (χ0v) is 46.7. The Labute approximate surface area is 509 Å². The Bertz CT molecular complexity index is 3940. The van der Waals surface area contributed by atoms with Crippen LogP contribution >= 0.6 is 0 Å². The third-order valence-electron chi connectivity index (χ3n) is 13.9. The van der Waals surface area contributed by atoms with Crippen molar-refractivity contribution in [3.63, 3.8) is 0 Å². The number of hydrogen-bond donors (Lipinski definition) is 2. The Morgan fingerprint density at radius 1 is 0.467 bits per heavy atom. The summed E-state index contributed by atoms with van der Waals surface area (Å²) in [7, 11) is 0. The molecule has 0 saturated heterocycles. The fourth-order valence-electron chi connectivity index (χ4n) is 9.49. The molecule has 92 heavy (non-hydrogen) atoms. The zero-order chi connectivity index (χ0) is 67.1. The summed E-state index contributed by atoms with van der Waals surface area (Å²) in [4.78, 5) is 27.5. The number of carbonyl (C=O) groups is 2. The van der Waals surface area contributed by atoms with Crippen molar-refractivity contribution in [1.29, 1.82) is 0 Å². The van der Waals surface area contributed by atoms with Crippen molar-refractivity contribution in [2.75, 3.05) is 0 Å². The molecule has 1 aliphatic rings. The summed E-state index contributed by atoms with van der Waals surface area (Å²) in [5, 5.41) is 5.08. The maximum absolute atomic E-state index is 15.1. The van der Waals surface area contributed by atoms with Gasteiger partial charge >= 0.3 is 37.4 Å². The van der Waals surface area contributed by atoms with Crippen molar-refractivity contribution < 1.29 is 112 Å². The van der Waals surface area contributed by atoms with Gasteiger partial charge in [-0.3, -0.25) is 9.59 Å². The molecule has 0 aliphatic heterocycles. The smallest absolute Gasteiger partial charge is 0.461 e. The molecule has 0 heterocycles. The van der Waals surface area contributed by atoms with E-state index in [-0.39, 0.29) is 41.0 Å². The summed E-state index contributed by atoms with van der Waals surface area (Å²) >= 11 is 0. The predicted molar refractivity (Wildman–Crippen MR) is 293 cm³/mol. The highest BCUT2D eigenvalue weighted by atomic mass is 19.4. The van der Waals surface area contributed by atoms with E-state index in [1.54, 1.807) is 48.5 Å². The molecule has 1 saturated carbocycles. The summed E-state index contributed by atoms with van der Waals surface area (Å²) in [6.07, 6.45) is -27.7. The SMILES string of the molecule is C=COc1cc([C@@](Cc2ccccc2)(NC(=O)c2ccc(F)c(C(F)(F)F)c2)c2cc(F)cc(OC(F)(F)C(F)F)c2)ccc1F.O=C(N[C@@](Cc1ccccc1)(c1cc(F)cc(OC(F)(F)C(F)F)c1)c1ccc(F)c(OC2CC2)c1)c1cccc(C(F)(F)F)c1. The minimum absolute atomic E-state index is 0.00546. The van der Waals surface area contributed by atoms with E-state index in [9.17, 15) is 84.2 Å². The van der Waals surface area contributed by atoms with Crippen molar-refractivity contribution >= 4 is 11.8 Å². The van der Waals surface area contributed by atoms with Crippen LogP contribution in [0.25, 0.3) is 0 Å². The molecule has 0 spiro atoms. The lowest BCUT2D eigenvalue weighted by atomic mass is 9.77. The highest BCUT2D eigenvalue weighted by Crippen LogP contribution is 2.44. The second kappa shape index (κ2) is 27.4. The van der Waals surface area contributed by atoms with Gasteiger partial charge in [0.1, 0.15) is 29.0 Å². The fraction of sp³-hybridized carbons (Fsp3) is 0.200. The highest BCUT2D eigenvalue weighted by molar-refractivity contribution is 5.96. The molecule has 0 bridgehead atoms. The van der Waals surface area contributed by atoms with Crippen molar-refractivity contribution in [1.82, 2.24) is 10.6 Å². The molecule has 2 atom stereocenters. The van der Waals surface area contributed by atoms with Gasteiger partial charge in [0.25, 0.3) is 11.8 Å². The summed E-state index contributed by atoms with van der Waals surface area (Å²) in [5.74, 6) is -11.3. The molecule has 0 radical (unpaired) electrons. The van der Waals surface area contributed by atoms with Crippen LogP contribution in [-0.4, -0.2) is 43.0 Å². The average Bonchev–Trinajstić information content (AvgIpc) is 0.771. The molecule has 8 aromatic carbocycles. The Morgan fingerprint density at radius 3 is 1.35 bits per heavy atom. The van der Waals surface area contributed by atoms with Crippen molar-refractivity contribution in [2.24, 2.45) is 0 Å². The first kappa shape index (κ1) is 68.2. The van der Waals surface area contributed by atoms with Gasteiger partial charge in [-0.2, -0.15) is 61.5 Å². The first-order valence-corrected chi connectivity index (χ1v) is 26.8. The van der Waals surface area contributed by atoms with E-state index in [0.717, 1.165) is 73.0 Å². The van der Waals surface area contributed by atoms with Gasteiger partial charge in [-0.1, -0.05) is 85.4 Å². The van der Waals surface area contributed by atoms with Crippen LogP contribution in [0.2, 0.25) is 0 Å². The van der Waals surface area contributed by atoms with Crippen LogP contribution in [-0.2, 0) is 36.3 Å². The Kier molecular flexibility index (Phi) is 20.3. The van der Waals surface area contributed by atoms with Crippen molar-refractivity contribution in [3.05, 3.63) is 273 Å². The third kappa shape index (κ3) is 16.4. The Morgan fingerprint density at radius 2 is 0.913 bits per heavy atom. The summed E-state index contributed by atoms with van der Waals surface area (Å²) < 4.78 is 281. The largest absolute Gasteiger partial charge is 0.487 e. The van der Waals surface area contributed by atoms with E-state index in [4.69, 9.17) is 9.47 Å². The number of halogens is 19. The molecule has 2 N–H and O–H groups in total. The standard InChI is InChI=1S/C33H24F9NO3.C32H21F10NO3/c34-24-14-23(15-26(17-24)46-33(41,42)30(36)37)31(18-19-5-2-1-3-6-19,21-9-12-27(35)28(16-21)45-25-10-11-25)43-29(44)20-7-4-8-22(13-20)32(38,39)40;1-2-45-27-15-20(9-11-26(27)35)30(17-18-6-4-3-5-7-18,21-13-22(33)16-23(14-21)46-32(41,42)29(36)37)43-28(44)19-8-10-25(34)24(12-19)31(38,39)40/h1-9,12-17,25,30H,10-11,18H2,(H,43,44);2-16,29H,1,17H2,(H,43,44)/t31-;30-/m11/s1. The molecule has 2 amide bonds. The molecule has 8 nitrogen and oxygen atoms in total. The van der Waals surface area contributed by atoms with Gasteiger partial charge in [-0.15, -0.1) is 0 Å². The van der Waals surface area contributed by atoms with Gasteiger partial charge in [0.15, 0.2) is 23.1 Å². The molecule has 1 fully saturated rings. The number of benzene rings is 8. The monoisotopic (exact) mass is 1310 g/mol. The number of carbonyl (C=O) groups excluding carboxylic acids is 2. The molecule has 27 heteroatoms. The molecule has 8 aromatic rings. The van der Waals surface area contributed by atoms with Crippen molar-refractivity contribution in [3.8, 4) is 23.0 Å². The normalized spacial score (nSPS) is 14.1. The van der Waals surface area contributed by atoms with E-state index in [1.807, 2.05) is 0 Å². The van der Waals surface area contributed by atoms with Gasteiger partial charge in [0.2, 0.25) is 0 Å². The lowest BCUT2D eigenvalue weighted by molar-refractivity contribution is -0.253. The first-order chi connectivity index (χ1) is 43.2. The lowest BCUT2D eigenvalue weighted by Gasteiger charge is -2.37. The van der Waals surface area contributed by atoms with Crippen LogP contribution in [0.5, 0.6) is 23.0 Å². The van der Waals surface area contributed by atoms with Gasteiger partial charge in [-0.05, 0) is 131 Å². The second-order valence-electron chi connectivity index (χ2n) is 20.5. The summed E-state index contributed by atoms with van der Waals surface area (Å²) in [6.45, 7) is 3.33.